The molecule has 0 aromatic heterocycles. The highest BCUT2D eigenvalue weighted by Gasteiger charge is 2.65. The molecule has 0 unspecified atom stereocenters. The third-order valence-corrected chi connectivity index (χ3v) is 5.92. The Labute approximate surface area is 126 Å². The van der Waals surface area contributed by atoms with Crippen molar-refractivity contribution in [2.24, 2.45) is 23.2 Å². The lowest BCUT2D eigenvalue weighted by Gasteiger charge is -2.36. The van der Waals surface area contributed by atoms with Gasteiger partial charge in [-0.15, -0.1) is 0 Å². The van der Waals surface area contributed by atoms with Gasteiger partial charge >= 0.3 is 0 Å². The van der Waals surface area contributed by atoms with E-state index in [1.165, 1.54) is 12.0 Å². The summed E-state index contributed by atoms with van der Waals surface area (Å²) in [6, 6.07) is 8.09. The van der Waals surface area contributed by atoms with Crippen LogP contribution >= 0.6 is 11.6 Å². The van der Waals surface area contributed by atoms with Gasteiger partial charge in [0, 0.05) is 16.4 Å². The lowest BCUT2D eigenvalue weighted by Crippen LogP contribution is -2.39. The highest BCUT2D eigenvalue weighted by Crippen LogP contribution is 2.68. The number of Topliss-reactive ketones (excluding diaryl/α,β-unsaturated/α-hetero) is 1. The minimum atomic E-state index is -0.0684. The summed E-state index contributed by atoms with van der Waals surface area (Å²) in [5, 5.41) is 0.770. The molecule has 0 N–H and O–H groups in total. The first-order valence-electron chi connectivity index (χ1n) is 7.76. The molecule has 1 nitrogen and oxygen atoms in total. The molecule has 4 atom stereocenters. The van der Waals surface area contributed by atoms with Gasteiger partial charge in [0.15, 0.2) is 0 Å². The number of hydrogen-bond acceptors (Lipinski definition) is 1. The molecule has 2 aliphatic rings. The third-order valence-electron chi connectivity index (χ3n) is 5.67. The molecule has 1 aromatic rings. The Morgan fingerprint density at radius 3 is 2.45 bits per heavy atom. The fourth-order valence-corrected chi connectivity index (χ4v) is 4.37. The van der Waals surface area contributed by atoms with Gasteiger partial charge in [0.25, 0.3) is 0 Å². The molecule has 0 amide bonds. The predicted octanol–water partition coefficient (Wildman–Crippen LogP) is 5.08. The molecule has 2 fully saturated rings. The molecule has 1 spiro atoms. The molecular weight excluding hydrogens is 268 g/mol. The van der Waals surface area contributed by atoms with Gasteiger partial charge < -0.3 is 0 Å². The second kappa shape index (κ2) is 4.87. The fraction of sp³-hybridized carbons (Fsp3) is 0.611. The van der Waals surface area contributed by atoms with E-state index in [-0.39, 0.29) is 11.3 Å². The molecule has 2 heteroatoms. The predicted molar refractivity (Wildman–Crippen MR) is 83.0 cm³/mol. The van der Waals surface area contributed by atoms with Gasteiger partial charge in [-0.25, -0.2) is 0 Å². The maximum absolute atomic E-state index is 13.0. The van der Waals surface area contributed by atoms with Gasteiger partial charge in [0.05, 0.1) is 0 Å². The first-order valence-corrected chi connectivity index (χ1v) is 8.14. The molecule has 2 aliphatic carbocycles. The number of ketones is 1. The van der Waals surface area contributed by atoms with Gasteiger partial charge in [0.2, 0.25) is 0 Å². The van der Waals surface area contributed by atoms with Gasteiger partial charge in [-0.3, -0.25) is 4.79 Å². The van der Waals surface area contributed by atoms with Crippen molar-refractivity contribution in [2.45, 2.75) is 46.0 Å². The first-order chi connectivity index (χ1) is 9.46. The first kappa shape index (κ1) is 14.1. The summed E-state index contributed by atoms with van der Waals surface area (Å²) in [6.07, 6.45) is 3.31. The van der Waals surface area contributed by atoms with E-state index in [4.69, 9.17) is 11.6 Å². The van der Waals surface area contributed by atoms with E-state index in [1.807, 2.05) is 12.1 Å². The van der Waals surface area contributed by atoms with Crippen molar-refractivity contribution in [3.63, 3.8) is 0 Å². The second-order valence-electron chi connectivity index (χ2n) is 7.04. The Kier molecular flexibility index (Phi) is 3.44. The summed E-state index contributed by atoms with van der Waals surface area (Å²) >= 11 is 5.97. The Morgan fingerprint density at radius 1 is 1.20 bits per heavy atom. The normalized spacial score (nSPS) is 36.6. The number of halogens is 1. The van der Waals surface area contributed by atoms with E-state index in [1.54, 1.807) is 0 Å². The van der Waals surface area contributed by atoms with Crippen LogP contribution in [-0.4, -0.2) is 5.78 Å². The monoisotopic (exact) mass is 290 g/mol. The molecule has 2 saturated carbocycles. The molecule has 3 rings (SSSR count). The summed E-state index contributed by atoms with van der Waals surface area (Å²) in [5.41, 5.74) is 1.22. The van der Waals surface area contributed by atoms with Crippen LogP contribution in [0.15, 0.2) is 24.3 Å². The van der Waals surface area contributed by atoms with Gasteiger partial charge in [-0.05, 0) is 54.7 Å². The van der Waals surface area contributed by atoms with E-state index < -0.39 is 0 Å². The smallest absolute Gasteiger partial charge is 0.143 e. The van der Waals surface area contributed by atoms with Crippen molar-refractivity contribution in [3.8, 4) is 0 Å². The molecule has 0 aliphatic heterocycles. The SMILES string of the molecule is CC(C)[C@@H]1CC[C@H](C)[C@]2(C[C@@H]2c2ccc(Cl)cc2)C1=O. The van der Waals surface area contributed by atoms with Crippen LogP contribution in [0.4, 0.5) is 0 Å². The van der Waals surface area contributed by atoms with E-state index in [0.717, 1.165) is 17.9 Å². The summed E-state index contributed by atoms with van der Waals surface area (Å²) in [6.45, 7) is 6.64. The Balaban J connectivity index is 1.88. The highest BCUT2D eigenvalue weighted by molar-refractivity contribution is 6.30. The zero-order chi connectivity index (χ0) is 14.5. The zero-order valence-corrected chi connectivity index (χ0v) is 13.3. The summed E-state index contributed by atoms with van der Waals surface area (Å²) < 4.78 is 0. The van der Waals surface area contributed by atoms with Crippen LogP contribution in [0.1, 0.15) is 51.5 Å². The number of rotatable bonds is 2. The lowest BCUT2D eigenvalue weighted by molar-refractivity contribution is -0.135. The summed E-state index contributed by atoms with van der Waals surface area (Å²) in [7, 11) is 0. The number of carbonyl (C=O) groups is 1. The Morgan fingerprint density at radius 2 is 1.85 bits per heavy atom. The molecule has 1 aromatic carbocycles. The summed E-state index contributed by atoms with van der Waals surface area (Å²) in [4.78, 5) is 13.0. The summed E-state index contributed by atoms with van der Waals surface area (Å²) in [5.74, 6) is 2.21. The van der Waals surface area contributed by atoms with E-state index in [0.29, 0.717) is 23.5 Å². The van der Waals surface area contributed by atoms with E-state index in [9.17, 15) is 4.79 Å². The number of benzene rings is 1. The maximum Gasteiger partial charge on any atom is 0.143 e. The van der Waals surface area contributed by atoms with Crippen LogP contribution in [0.5, 0.6) is 0 Å². The van der Waals surface area contributed by atoms with Crippen molar-refractivity contribution < 1.29 is 4.79 Å². The van der Waals surface area contributed by atoms with Crippen LogP contribution in [0.2, 0.25) is 5.02 Å². The van der Waals surface area contributed by atoms with Crippen LogP contribution in [0.3, 0.4) is 0 Å². The van der Waals surface area contributed by atoms with Crippen LogP contribution < -0.4 is 0 Å². The minimum absolute atomic E-state index is 0.0684. The van der Waals surface area contributed by atoms with E-state index in [2.05, 4.69) is 32.9 Å². The minimum Gasteiger partial charge on any atom is -0.299 e. The zero-order valence-electron chi connectivity index (χ0n) is 12.5. The molecule has 0 radical (unpaired) electrons. The standard InChI is InChI=1S/C18H23ClO/c1-11(2)15-9-4-12(3)18(17(15)20)10-16(18)13-5-7-14(19)8-6-13/h5-8,11-12,15-16H,4,9-10H2,1-3H3/t12-,15-,16+,18-/m0/s1. The van der Waals surface area contributed by atoms with Crippen molar-refractivity contribution in [1.82, 2.24) is 0 Å². The molecular formula is C18H23ClO. The fourth-order valence-electron chi connectivity index (χ4n) is 4.25. The molecule has 0 saturated heterocycles. The van der Waals surface area contributed by atoms with Crippen molar-refractivity contribution in [2.75, 3.05) is 0 Å². The van der Waals surface area contributed by atoms with Gasteiger partial charge in [-0.1, -0.05) is 44.5 Å². The van der Waals surface area contributed by atoms with Crippen LogP contribution in [-0.2, 0) is 4.79 Å². The van der Waals surface area contributed by atoms with Crippen LogP contribution in [0, 0.1) is 23.2 Å². The van der Waals surface area contributed by atoms with Gasteiger partial charge in [0.1, 0.15) is 5.78 Å². The Hall–Kier alpha value is -0.820. The van der Waals surface area contributed by atoms with Crippen molar-refractivity contribution in [1.29, 1.82) is 0 Å². The van der Waals surface area contributed by atoms with Crippen LogP contribution in [0.25, 0.3) is 0 Å². The average molecular weight is 291 g/mol. The second-order valence-corrected chi connectivity index (χ2v) is 7.48. The third kappa shape index (κ3) is 2.02. The highest BCUT2D eigenvalue weighted by atomic mass is 35.5. The average Bonchev–Trinajstić information content (AvgIpc) is 3.14. The van der Waals surface area contributed by atoms with Gasteiger partial charge in [-0.2, -0.15) is 0 Å². The van der Waals surface area contributed by atoms with Crippen molar-refractivity contribution >= 4 is 17.4 Å². The molecule has 108 valence electrons. The van der Waals surface area contributed by atoms with E-state index >= 15 is 0 Å². The maximum atomic E-state index is 13.0. The topological polar surface area (TPSA) is 17.1 Å². The molecule has 20 heavy (non-hydrogen) atoms. The number of hydrogen-bond donors (Lipinski definition) is 0. The number of carbonyl (C=O) groups excluding carboxylic acids is 1. The molecule has 0 heterocycles. The van der Waals surface area contributed by atoms with Crippen molar-refractivity contribution in [3.05, 3.63) is 34.9 Å². The quantitative estimate of drug-likeness (QED) is 0.742. The largest absolute Gasteiger partial charge is 0.299 e. The Bertz CT molecular complexity index is 519. The lowest BCUT2D eigenvalue weighted by atomic mass is 9.66. The molecule has 0 bridgehead atoms.